The van der Waals surface area contributed by atoms with Gasteiger partial charge in [-0.25, -0.2) is 19.3 Å². The lowest BCUT2D eigenvalue weighted by Crippen LogP contribution is -2.25. The summed E-state index contributed by atoms with van der Waals surface area (Å²) >= 11 is 0. The monoisotopic (exact) mass is 232 g/mol. The standard InChI is InChI=1S/C12H13FN4/c13-9-4-1-5-10(9)17-12-8-3-2-6-14-11(8)15-7-16-12/h2-3,6-7,9-10H,1,4-5H2,(H,14,15,16,17)/t9-,10-/m1/s1. The molecule has 2 aromatic heterocycles. The maximum absolute atomic E-state index is 13.6. The Hall–Kier alpha value is -1.78. The normalized spacial score (nSPS) is 24.1. The molecule has 3 rings (SSSR count). The van der Waals surface area contributed by atoms with Crippen molar-refractivity contribution in [2.45, 2.75) is 31.5 Å². The maximum Gasteiger partial charge on any atom is 0.164 e. The highest BCUT2D eigenvalue weighted by Gasteiger charge is 2.27. The second-order valence-corrected chi connectivity index (χ2v) is 4.29. The molecule has 2 atom stereocenters. The van der Waals surface area contributed by atoms with E-state index in [9.17, 15) is 4.39 Å². The van der Waals surface area contributed by atoms with E-state index in [1.54, 1.807) is 6.20 Å². The number of rotatable bonds is 2. The smallest absolute Gasteiger partial charge is 0.164 e. The second kappa shape index (κ2) is 4.24. The van der Waals surface area contributed by atoms with Crippen LogP contribution in [0, 0.1) is 0 Å². The minimum absolute atomic E-state index is 0.131. The molecule has 0 aromatic carbocycles. The van der Waals surface area contributed by atoms with Crippen molar-refractivity contribution in [3.05, 3.63) is 24.7 Å². The summed E-state index contributed by atoms with van der Waals surface area (Å²) in [5.41, 5.74) is 0.637. The van der Waals surface area contributed by atoms with Gasteiger partial charge < -0.3 is 5.32 Å². The van der Waals surface area contributed by atoms with Crippen LogP contribution in [0.5, 0.6) is 0 Å². The highest BCUT2D eigenvalue weighted by atomic mass is 19.1. The third-order valence-corrected chi connectivity index (χ3v) is 3.16. The van der Waals surface area contributed by atoms with Crippen molar-refractivity contribution in [3.8, 4) is 0 Å². The number of aromatic nitrogens is 3. The topological polar surface area (TPSA) is 50.7 Å². The van der Waals surface area contributed by atoms with Crippen molar-refractivity contribution in [3.63, 3.8) is 0 Å². The Balaban J connectivity index is 1.94. The van der Waals surface area contributed by atoms with Crippen LogP contribution in [0.25, 0.3) is 11.0 Å². The molecular weight excluding hydrogens is 219 g/mol. The van der Waals surface area contributed by atoms with Gasteiger partial charge in [-0.3, -0.25) is 0 Å². The first-order chi connectivity index (χ1) is 8.34. The van der Waals surface area contributed by atoms with E-state index in [0.29, 0.717) is 17.9 Å². The lowest BCUT2D eigenvalue weighted by Gasteiger charge is -2.16. The predicted octanol–water partition coefficient (Wildman–Crippen LogP) is 2.33. The van der Waals surface area contributed by atoms with E-state index in [-0.39, 0.29) is 6.04 Å². The second-order valence-electron chi connectivity index (χ2n) is 4.29. The molecule has 0 spiro atoms. The summed E-state index contributed by atoms with van der Waals surface area (Å²) in [7, 11) is 0. The molecule has 0 bridgehead atoms. The number of anilines is 1. The average Bonchev–Trinajstić information content (AvgIpc) is 2.76. The first-order valence-electron chi connectivity index (χ1n) is 5.81. The lowest BCUT2D eigenvalue weighted by molar-refractivity contribution is 0.323. The van der Waals surface area contributed by atoms with Crippen LogP contribution in [0.1, 0.15) is 19.3 Å². The van der Waals surface area contributed by atoms with Crippen LogP contribution in [0.2, 0.25) is 0 Å². The summed E-state index contributed by atoms with van der Waals surface area (Å²) < 4.78 is 13.6. The largest absolute Gasteiger partial charge is 0.364 e. The molecule has 1 aliphatic carbocycles. The number of pyridine rings is 1. The summed E-state index contributed by atoms with van der Waals surface area (Å²) in [6.07, 6.45) is 4.79. The van der Waals surface area contributed by atoms with Crippen molar-refractivity contribution < 1.29 is 4.39 Å². The zero-order valence-corrected chi connectivity index (χ0v) is 9.31. The first-order valence-corrected chi connectivity index (χ1v) is 5.81. The molecule has 1 N–H and O–H groups in total. The summed E-state index contributed by atoms with van der Waals surface area (Å²) in [6, 6.07) is 3.60. The van der Waals surface area contributed by atoms with Crippen LogP contribution >= 0.6 is 0 Å². The van der Waals surface area contributed by atoms with Crippen molar-refractivity contribution in [2.75, 3.05) is 5.32 Å². The van der Waals surface area contributed by atoms with Gasteiger partial charge in [-0.1, -0.05) is 0 Å². The fourth-order valence-corrected chi connectivity index (χ4v) is 2.26. The molecule has 4 nitrogen and oxygen atoms in total. The molecule has 1 aliphatic rings. The van der Waals surface area contributed by atoms with Gasteiger partial charge in [0, 0.05) is 6.20 Å². The van der Waals surface area contributed by atoms with E-state index >= 15 is 0 Å². The Morgan fingerprint density at radius 3 is 3.00 bits per heavy atom. The molecule has 2 aromatic rings. The number of hydrogen-bond donors (Lipinski definition) is 1. The Bertz CT molecular complexity index is 525. The molecule has 2 heterocycles. The zero-order valence-electron chi connectivity index (χ0n) is 9.31. The van der Waals surface area contributed by atoms with Crippen LogP contribution in [0.15, 0.2) is 24.7 Å². The molecule has 1 saturated carbocycles. The number of halogens is 1. The SMILES string of the molecule is F[C@@H]1CCC[C@H]1Nc1ncnc2ncccc12. The van der Waals surface area contributed by atoms with E-state index in [0.717, 1.165) is 18.2 Å². The quantitative estimate of drug-likeness (QED) is 0.863. The van der Waals surface area contributed by atoms with E-state index in [1.807, 2.05) is 12.1 Å². The van der Waals surface area contributed by atoms with Crippen LogP contribution in [-0.4, -0.2) is 27.2 Å². The van der Waals surface area contributed by atoms with Gasteiger partial charge in [0.15, 0.2) is 5.65 Å². The van der Waals surface area contributed by atoms with Gasteiger partial charge in [-0.2, -0.15) is 0 Å². The van der Waals surface area contributed by atoms with E-state index in [2.05, 4.69) is 20.3 Å². The minimum Gasteiger partial charge on any atom is -0.364 e. The lowest BCUT2D eigenvalue weighted by atomic mass is 10.2. The van der Waals surface area contributed by atoms with Crippen molar-refractivity contribution in [2.24, 2.45) is 0 Å². The van der Waals surface area contributed by atoms with Gasteiger partial charge in [0.1, 0.15) is 18.3 Å². The number of fused-ring (bicyclic) bond motifs is 1. The Labute approximate surface area is 98.3 Å². The Morgan fingerprint density at radius 2 is 2.18 bits per heavy atom. The molecule has 17 heavy (non-hydrogen) atoms. The Kier molecular flexibility index (Phi) is 2.59. The highest BCUT2D eigenvalue weighted by molar-refractivity contribution is 5.85. The third kappa shape index (κ3) is 1.92. The van der Waals surface area contributed by atoms with E-state index in [1.165, 1.54) is 6.33 Å². The van der Waals surface area contributed by atoms with Crippen LogP contribution in [0.3, 0.4) is 0 Å². The molecule has 88 valence electrons. The minimum atomic E-state index is -0.781. The summed E-state index contributed by atoms with van der Waals surface area (Å²) in [5.74, 6) is 0.678. The number of alkyl halides is 1. The molecule has 0 radical (unpaired) electrons. The zero-order chi connectivity index (χ0) is 11.7. The van der Waals surface area contributed by atoms with Gasteiger partial charge in [-0.15, -0.1) is 0 Å². The van der Waals surface area contributed by atoms with Crippen LogP contribution in [0.4, 0.5) is 10.2 Å². The van der Waals surface area contributed by atoms with Crippen LogP contribution < -0.4 is 5.32 Å². The van der Waals surface area contributed by atoms with Crippen molar-refractivity contribution in [1.82, 2.24) is 15.0 Å². The molecule has 0 saturated heterocycles. The number of hydrogen-bond acceptors (Lipinski definition) is 4. The molecule has 1 fully saturated rings. The summed E-state index contributed by atoms with van der Waals surface area (Å²) in [4.78, 5) is 12.4. The van der Waals surface area contributed by atoms with E-state index in [4.69, 9.17) is 0 Å². The van der Waals surface area contributed by atoms with E-state index < -0.39 is 6.17 Å². The van der Waals surface area contributed by atoms with Gasteiger partial charge in [0.2, 0.25) is 0 Å². The Morgan fingerprint density at radius 1 is 1.24 bits per heavy atom. The third-order valence-electron chi connectivity index (χ3n) is 3.16. The number of nitrogens with one attached hydrogen (secondary N) is 1. The van der Waals surface area contributed by atoms with Gasteiger partial charge in [0.05, 0.1) is 11.4 Å². The fraction of sp³-hybridized carbons (Fsp3) is 0.417. The van der Waals surface area contributed by atoms with Gasteiger partial charge >= 0.3 is 0 Å². The fourth-order valence-electron chi connectivity index (χ4n) is 2.26. The molecule has 5 heteroatoms. The average molecular weight is 232 g/mol. The summed E-state index contributed by atoms with van der Waals surface area (Å²) in [5, 5.41) is 4.01. The molecule has 0 aliphatic heterocycles. The molecule has 0 amide bonds. The summed E-state index contributed by atoms with van der Waals surface area (Å²) in [6.45, 7) is 0. The van der Waals surface area contributed by atoms with Crippen LogP contribution in [-0.2, 0) is 0 Å². The van der Waals surface area contributed by atoms with Gasteiger partial charge in [-0.05, 0) is 31.4 Å². The van der Waals surface area contributed by atoms with Crippen molar-refractivity contribution >= 4 is 16.9 Å². The first kappa shape index (κ1) is 10.4. The predicted molar refractivity (Wildman–Crippen MR) is 63.5 cm³/mol. The van der Waals surface area contributed by atoms with Crippen molar-refractivity contribution in [1.29, 1.82) is 0 Å². The number of nitrogens with zero attached hydrogens (tertiary/aromatic N) is 3. The highest BCUT2D eigenvalue weighted by Crippen LogP contribution is 2.26. The maximum atomic E-state index is 13.6. The molecular formula is C12H13FN4. The van der Waals surface area contributed by atoms with Gasteiger partial charge in [0.25, 0.3) is 0 Å². The molecule has 0 unspecified atom stereocenters.